The van der Waals surface area contributed by atoms with E-state index in [1.165, 1.54) is 6.92 Å². The average Bonchev–Trinajstić information content (AvgIpc) is 2.28. The van der Waals surface area contributed by atoms with Crippen LogP contribution in [0.2, 0.25) is 0 Å². The molecule has 1 aromatic carbocycles. The fraction of sp³-hybridized carbons (Fsp3) is 0.500. The Balaban J connectivity index is 2.65. The third-order valence-electron chi connectivity index (χ3n) is 3.62. The number of benzene rings is 1. The standard InChI is InChI=1S/C16H24N2O3/c1-11(19)17-13-8-6-12(7-9-13)10-14(20)18-15(2,3)16(4,5)21/h6-9,21H,10H2,1-5H3,(H,17,19)(H,18,20). The Labute approximate surface area is 125 Å². The third kappa shape index (κ3) is 5.19. The highest BCUT2D eigenvalue weighted by Gasteiger charge is 2.36. The van der Waals surface area contributed by atoms with E-state index in [0.29, 0.717) is 5.69 Å². The first kappa shape index (κ1) is 17.2. The summed E-state index contributed by atoms with van der Waals surface area (Å²) in [5, 5.41) is 15.5. The lowest BCUT2D eigenvalue weighted by molar-refractivity contribution is -0.125. The molecule has 0 radical (unpaired) electrons. The van der Waals surface area contributed by atoms with E-state index < -0.39 is 11.1 Å². The number of anilines is 1. The van der Waals surface area contributed by atoms with E-state index >= 15 is 0 Å². The van der Waals surface area contributed by atoms with E-state index in [1.54, 1.807) is 52.0 Å². The molecule has 0 fully saturated rings. The van der Waals surface area contributed by atoms with Crippen molar-refractivity contribution in [3.05, 3.63) is 29.8 Å². The maximum atomic E-state index is 12.0. The molecule has 5 nitrogen and oxygen atoms in total. The van der Waals surface area contributed by atoms with Gasteiger partial charge in [0, 0.05) is 12.6 Å². The first-order valence-electron chi connectivity index (χ1n) is 6.91. The van der Waals surface area contributed by atoms with E-state index in [4.69, 9.17) is 0 Å². The van der Waals surface area contributed by atoms with Gasteiger partial charge in [-0.2, -0.15) is 0 Å². The van der Waals surface area contributed by atoms with Gasteiger partial charge in [0.25, 0.3) is 0 Å². The van der Waals surface area contributed by atoms with Gasteiger partial charge in [0.1, 0.15) is 0 Å². The summed E-state index contributed by atoms with van der Waals surface area (Å²) in [4.78, 5) is 23.0. The van der Waals surface area contributed by atoms with Crippen molar-refractivity contribution in [2.24, 2.45) is 0 Å². The minimum Gasteiger partial charge on any atom is -0.388 e. The Morgan fingerprint density at radius 2 is 1.62 bits per heavy atom. The number of rotatable bonds is 5. The van der Waals surface area contributed by atoms with E-state index in [9.17, 15) is 14.7 Å². The number of aliphatic hydroxyl groups is 1. The van der Waals surface area contributed by atoms with Crippen molar-refractivity contribution in [1.82, 2.24) is 5.32 Å². The van der Waals surface area contributed by atoms with Crippen LogP contribution in [0.1, 0.15) is 40.2 Å². The molecule has 0 heterocycles. The van der Waals surface area contributed by atoms with Crippen molar-refractivity contribution >= 4 is 17.5 Å². The topological polar surface area (TPSA) is 78.4 Å². The molecule has 0 atom stereocenters. The summed E-state index contributed by atoms with van der Waals surface area (Å²) in [6.45, 7) is 8.33. The van der Waals surface area contributed by atoms with E-state index in [1.807, 2.05) is 0 Å². The lowest BCUT2D eigenvalue weighted by Gasteiger charge is -2.38. The fourth-order valence-electron chi connectivity index (χ4n) is 1.64. The maximum Gasteiger partial charge on any atom is 0.224 e. The molecule has 0 saturated heterocycles. The summed E-state index contributed by atoms with van der Waals surface area (Å²) < 4.78 is 0. The number of carbonyl (C=O) groups is 2. The summed E-state index contributed by atoms with van der Waals surface area (Å²) in [7, 11) is 0. The summed E-state index contributed by atoms with van der Waals surface area (Å²) in [5.41, 5.74) is -0.199. The lowest BCUT2D eigenvalue weighted by Crippen LogP contribution is -2.58. The SMILES string of the molecule is CC(=O)Nc1ccc(CC(=O)NC(C)(C)C(C)(C)O)cc1. The van der Waals surface area contributed by atoms with Crippen LogP contribution < -0.4 is 10.6 Å². The molecule has 2 amide bonds. The predicted molar refractivity (Wildman–Crippen MR) is 83.0 cm³/mol. The largest absolute Gasteiger partial charge is 0.388 e. The Morgan fingerprint density at radius 1 is 1.10 bits per heavy atom. The lowest BCUT2D eigenvalue weighted by atomic mass is 9.86. The summed E-state index contributed by atoms with van der Waals surface area (Å²) in [6, 6.07) is 7.10. The van der Waals surface area contributed by atoms with Crippen LogP contribution in [0.3, 0.4) is 0 Å². The van der Waals surface area contributed by atoms with Gasteiger partial charge in [-0.1, -0.05) is 12.1 Å². The number of nitrogens with one attached hydrogen (secondary N) is 2. The highest BCUT2D eigenvalue weighted by atomic mass is 16.3. The van der Waals surface area contributed by atoms with Crippen LogP contribution in [0.15, 0.2) is 24.3 Å². The van der Waals surface area contributed by atoms with Crippen LogP contribution in [-0.4, -0.2) is 28.1 Å². The van der Waals surface area contributed by atoms with Crippen LogP contribution in [0.5, 0.6) is 0 Å². The molecule has 5 heteroatoms. The molecule has 0 spiro atoms. The van der Waals surface area contributed by atoms with Gasteiger partial charge in [0.15, 0.2) is 0 Å². The summed E-state index contributed by atoms with van der Waals surface area (Å²) in [5.74, 6) is -0.290. The van der Waals surface area contributed by atoms with Gasteiger partial charge in [-0.3, -0.25) is 9.59 Å². The molecule has 0 unspecified atom stereocenters. The quantitative estimate of drug-likeness (QED) is 0.775. The summed E-state index contributed by atoms with van der Waals surface area (Å²) >= 11 is 0. The number of hydrogen-bond donors (Lipinski definition) is 3. The molecule has 3 N–H and O–H groups in total. The molecule has 0 aliphatic carbocycles. The number of hydrogen-bond acceptors (Lipinski definition) is 3. The smallest absolute Gasteiger partial charge is 0.224 e. The van der Waals surface area contributed by atoms with E-state index in [2.05, 4.69) is 10.6 Å². The van der Waals surface area contributed by atoms with Crippen LogP contribution in [0.4, 0.5) is 5.69 Å². The predicted octanol–water partition coefficient (Wildman–Crippen LogP) is 1.85. The first-order valence-corrected chi connectivity index (χ1v) is 6.91. The second-order valence-electron chi connectivity index (χ2n) is 6.29. The van der Waals surface area contributed by atoms with Crippen LogP contribution in [0.25, 0.3) is 0 Å². The molecule has 21 heavy (non-hydrogen) atoms. The van der Waals surface area contributed by atoms with Gasteiger partial charge in [-0.15, -0.1) is 0 Å². The van der Waals surface area contributed by atoms with Crippen molar-refractivity contribution in [3.63, 3.8) is 0 Å². The van der Waals surface area contributed by atoms with Gasteiger partial charge >= 0.3 is 0 Å². The number of amides is 2. The van der Waals surface area contributed by atoms with Crippen LogP contribution in [0, 0.1) is 0 Å². The zero-order chi connectivity index (χ0) is 16.3. The van der Waals surface area contributed by atoms with Crippen molar-refractivity contribution in [3.8, 4) is 0 Å². The minimum atomic E-state index is -1.02. The highest BCUT2D eigenvalue weighted by Crippen LogP contribution is 2.20. The van der Waals surface area contributed by atoms with E-state index in [0.717, 1.165) is 5.56 Å². The molecule has 116 valence electrons. The fourth-order valence-corrected chi connectivity index (χ4v) is 1.64. The Morgan fingerprint density at radius 3 is 2.05 bits per heavy atom. The van der Waals surface area contributed by atoms with Crippen LogP contribution in [-0.2, 0) is 16.0 Å². The molecule has 0 saturated carbocycles. The van der Waals surface area contributed by atoms with Gasteiger partial charge in [0.05, 0.1) is 17.6 Å². The second-order valence-corrected chi connectivity index (χ2v) is 6.29. The van der Waals surface area contributed by atoms with Crippen molar-refractivity contribution in [1.29, 1.82) is 0 Å². The monoisotopic (exact) mass is 292 g/mol. The molecule has 1 rings (SSSR count). The normalized spacial score (nSPS) is 11.9. The van der Waals surface area contributed by atoms with E-state index in [-0.39, 0.29) is 18.2 Å². The molecule has 0 bridgehead atoms. The van der Waals surface area contributed by atoms with Crippen molar-refractivity contribution in [2.45, 2.75) is 52.2 Å². The van der Waals surface area contributed by atoms with Gasteiger partial charge in [-0.05, 0) is 45.4 Å². The Kier molecular flexibility index (Phi) is 5.12. The molecule has 1 aromatic rings. The number of carbonyl (C=O) groups excluding carboxylic acids is 2. The second kappa shape index (κ2) is 6.26. The van der Waals surface area contributed by atoms with Gasteiger partial charge < -0.3 is 15.7 Å². The average molecular weight is 292 g/mol. The summed E-state index contributed by atoms with van der Waals surface area (Å²) in [6.07, 6.45) is 0.222. The molecule has 0 aliphatic rings. The highest BCUT2D eigenvalue weighted by molar-refractivity contribution is 5.88. The molecular weight excluding hydrogens is 268 g/mol. The van der Waals surface area contributed by atoms with Crippen molar-refractivity contribution < 1.29 is 14.7 Å². The zero-order valence-electron chi connectivity index (χ0n) is 13.3. The Hall–Kier alpha value is -1.88. The first-order chi connectivity index (χ1) is 9.51. The van der Waals surface area contributed by atoms with Crippen LogP contribution >= 0.6 is 0 Å². The molecular formula is C16H24N2O3. The minimum absolute atomic E-state index is 0.132. The molecule has 0 aliphatic heterocycles. The van der Waals surface area contributed by atoms with Gasteiger partial charge in [-0.25, -0.2) is 0 Å². The Bertz CT molecular complexity index is 513. The zero-order valence-corrected chi connectivity index (χ0v) is 13.3. The van der Waals surface area contributed by atoms with Crippen molar-refractivity contribution in [2.75, 3.05) is 5.32 Å². The third-order valence-corrected chi connectivity index (χ3v) is 3.62. The van der Waals surface area contributed by atoms with Gasteiger partial charge in [0.2, 0.25) is 11.8 Å². The maximum absolute atomic E-state index is 12.0. The molecule has 0 aromatic heterocycles.